The number of ether oxygens (including phenoxy) is 12. The van der Waals surface area contributed by atoms with Gasteiger partial charge in [0.2, 0.25) is 0 Å². The number of hydrogen-bond acceptors (Lipinski definition) is 19. The summed E-state index contributed by atoms with van der Waals surface area (Å²) in [4.78, 5) is 37.6. The molecule has 2 aromatic heterocycles. The third kappa shape index (κ3) is 24.0. The number of halogens is 8. The zero-order chi connectivity index (χ0) is 71.0. The first kappa shape index (κ1) is 76.5. The van der Waals surface area contributed by atoms with Crippen LogP contribution in [0.5, 0.6) is 51.7 Å². The number of carbonyl (C=O) groups is 2. The van der Waals surface area contributed by atoms with Crippen LogP contribution in [-0.2, 0) is 40.1 Å². The number of carbonyl (C=O) groups excluding carboxylic acids is 2. The molecule has 2 atom stereocenters. The second-order valence-corrected chi connectivity index (χ2v) is 23.6. The molecular weight excluding hydrogens is 1380 g/mol. The highest BCUT2D eigenvalue weighted by atomic mass is 35.5. The van der Waals surface area contributed by atoms with E-state index in [1.54, 1.807) is 39.5 Å². The molecule has 1 saturated heterocycles. The van der Waals surface area contributed by atoms with E-state index in [1.165, 1.54) is 80.5 Å². The van der Waals surface area contributed by atoms with Gasteiger partial charge in [0.1, 0.15) is 38.0 Å². The van der Waals surface area contributed by atoms with Crippen molar-refractivity contribution < 1.29 is 98.4 Å². The molecule has 2 N–H and O–H groups in total. The Morgan fingerprint density at radius 1 is 0.592 bits per heavy atom. The fourth-order valence-corrected chi connectivity index (χ4v) is 10.4. The second-order valence-electron chi connectivity index (χ2n) is 22.0. The highest BCUT2D eigenvalue weighted by Gasteiger charge is 2.30. The number of nitrogens with zero attached hydrogens (tertiary/aromatic N) is 4. The number of non-ortho nitro benzene ring substituents is 1. The highest BCUT2D eigenvalue weighted by Crippen LogP contribution is 2.41. The van der Waals surface area contributed by atoms with Gasteiger partial charge in [-0.2, -0.15) is 27.0 Å². The molecule has 23 nitrogen and oxygen atoms in total. The lowest BCUT2D eigenvalue weighted by Gasteiger charge is -2.25. The number of hydrogen-bond donors (Lipinski definition) is 1. The van der Waals surface area contributed by atoms with Crippen molar-refractivity contribution in [3.8, 4) is 51.7 Å². The number of pyridine rings is 2. The minimum Gasteiger partial charge on any atom is -0.619 e. The highest BCUT2D eigenvalue weighted by molar-refractivity contribution is 6.36. The van der Waals surface area contributed by atoms with Gasteiger partial charge in [0.05, 0.1) is 46.6 Å². The number of nitrogens with two attached hydrogens (primary N) is 1. The lowest BCUT2D eigenvalue weighted by atomic mass is 10.0. The second kappa shape index (κ2) is 37.8. The van der Waals surface area contributed by atoms with Crippen molar-refractivity contribution in [1.82, 2.24) is 4.90 Å². The molecule has 3 heterocycles. The van der Waals surface area contributed by atoms with Gasteiger partial charge in [-0.3, -0.25) is 10.1 Å². The molecule has 7 aromatic rings. The zero-order valence-electron chi connectivity index (χ0n) is 53.6. The van der Waals surface area contributed by atoms with Crippen LogP contribution in [0.25, 0.3) is 0 Å². The quantitative estimate of drug-likeness (QED) is 0.00953. The Balaban J connectivity index is 0.000000222. The van der Waals surface area contributed by atoms with Crippen molar-refractivity contribution in [3.05, 3.63) is 196 Å². The molecule has 5 aromatic carbocycles. The molecular formula is C67H71Cl4F4N5O18. The number of nitro benzene ring substituents is 1. The van der Waals surface area contributed by atoms with Gasteiger partial charge in [-0.15, -0.1) is 0 Å². The molecule has 2 aliphatic carbocycles. The van der Waals surface area contributed by atoms with Crippen LogP contribution >= 0.6 is 46.4 Å². The Morgan fingerprint density at radius 2 is 1.01 bits per heavy atom. The standard InChI is InChI=1S/C29H30Cl2F2N2O7.C25H20Cl2F2N2O8.C9H13NO2.C4H8O/c1-34(13-18-6-8-23(38-2)26(10-18)39-3)29(36)42-25(12-20-21(30)14-35(37)15-22(20)31)19-7-9-24(41-28(32)33)27(11-19)40-16-17-4-5-17;26-19-11-30(33)12-20(27)18(19)10-22(39-25(32)37-17-6-4-16(5-7-17)31(34)35)15-3-8-21(38-24(28)29)23(9-15)36-13-14-1-2-14;1-11-8-4-3-7(6-10)5-9(8)12-2;1-2-4-5-3-1/h6-11,14-15,17,25,28H,4-5,12-13,16H2,1-3H3;3-9,11-12,14,22,24H,1-2,10,13H2;3-5H,6,10H2,1-2H3;1-4H2/t25-;22-;;/m00../s1. The summed E-state index contributed by atoms with van der Waals surface area (Å²) >= 11 is 25.1. The lowest BCUT2D eigenvalue weighted by Crippen LogP contribution is -2.29. The molecule has 10 rings (SSSR count). The molecule has 0 spiro atoms. The number of nitro groups is 1. The van der Waals surface area contributed by atoms with Crippen LogP contribution in [0, 0.1) is 32.4 Å². The average molecular weight is 1450 g/mol. The van der Waals surface area contributed by atoms with Crippen molar-refractivity contribution in [2.24, 2.45) is 17.6 Å². The largest absolute Gasteiger partial charge is 0.619 e. The van der Waals surface area contributed by atoms with Gasteiger partial charge < -0.3 is 77.9 Å². The summed E-state index contributed by atoms with van der Waals surface area (Å²) in [5.74, 6) is 2.87. The van der Waals surface area contributed by atoms with E-state index < -0.39 is 42.6 Å². The molecule has 3 fully saturated rings. The summed E-state index contributed by atoms with van der Waals surface area (Å²) in [5.41, 5.74) is 8.40. The summed E-state index contributed by atoms with van der Waals surface area (Å²) in [6.45, 7) is -2.84. The number of amides is 1. The van der Waals surface area contributed by atoms with E-state index in [0.717, 1.165) is 98.4 Å². The van der Waals surface area contributed by atoms with E-state index in [0.29, 0.717) is 62.6 Å². The minimum atomic E-state index is -3.09. The number of benzene rings is 5. The van der Waals surface area contributed by atoms with Gasteiger partial charge >= 0.3 is 25.5 Å². The molecule has 1 aliphatic heterocycles. The van der Waals surface area contributed by atoms with Gasteiger partial charge in [0.15, 0.2) is 70.8 Å². The van der Waals surface area contributed by atoms with Crippen molar-refractivity contribution in [3.63, 3.8) is 0 Å². The Hall–Kier alpha value is -8.86. The molecule has 0 radical (unpaired) electrons. The van der Waals surface area contributed by atoms with Crippen molar-refractivity contribution >= 4 is 64.3 Å². The molecule has 528 valence electrons. The fourth-order valence-electron chi connectivity index (χ4n) is 9.24. The SMILES string of the molecule is C1CCOC1.COc1ccc(CN(C)C(=O)O[C@@H](Cc2c(Cl)c[n+]([O-])cc2Cl)c2ccc(OC(F)F)c(OCC3CC3)c2)cc1OC.COc1ccc(CN)cc1OC.O=C(Oc1ccc([N+](=O)[O-])cc1)O[C@@H](Cc1c(Cl)c[n+]([O-])cc1Cl)c1ccc(OC(F)F)c(OCC2CC2)c1. The predicted octanol–water partition coefficient (Wildman–Crippen LogP) is 15.0. The molecule has 98 heavy (non-hydrogen) atoms. The number of methoxy groups -OCH3 is 4. The Bertz CT molecular complexity index is 3730. The van der Waals surface area contributed by atoms with Gasteiger partial charge in [0, 0.05) is 69.5 Å². The summed E-state index contributed by atoms with van der Waals surface area (Å²) in [7, 11) is 7.82. The Kier molecular flexibility index (Phi) is 29.5. The number of rotatable bonds is 27. The third-order valence-electron chi connectivity index (χ3n) is 14.8. The maximum absolute atomic E-state index is 13.3. The fraction of sp³-hybridized carbons (Fsp3) is 0.373. The van der Waals surface area contributed by atoms with Gasteiger partial charge in [-0.05, 0) is 133 Å². The average Bonchev–Trinajstić information content (AvgIpc) is 0.895. The normalized spacial score (nSPS) is 13.6. The van der Waals surface area contributed by atoms with E-state index in [2.05, 4.69) is 9.47 Å². The van der Waals surface area contributed by atoms with E-state index in [9.17, 15) is 47.7 Å². The molecule has 0 unspecified atom stereocenters. The van der Waals surface area contributed by atoms with Gasteiger partial charge in [-0.1, -0.05) is 70.7 Å². The van der Waals surface area contributed by atoms with Crippen LogP contribution in [0.3, 0.4) is 0 Å². The van der Waals surface area contributed by atoms with Gasteiger partial charge in [0.25, 0.3) is 5.69 Å². The number of alkyl halides is 4. The van der Waals surface area contributed by atoms with Gasteiger partial charge in [-0.25, -0.2) is 9.59 Å². The van der Waals surface area contributed by atoms with Crippen molar-refractivity contribution in [2.45, 2.75) is 89.9 Å². The van der Waals surface area contributed by atoms with E-state index in [-0.39, 0.29) is 86.1 Å². The van der Waals surface area contributed by atoms with Crippen molar-refractivity contribution in [1.29, 1.82) is 0 Å². The molecule has 2 saturated carbocycles. The summed E-state index contributed by atoms with van der Waals surface area (Å²) in [6, 6.07) is 24.0. The maximum atomic E-state index is 13.3. The van der Waals surface area contributed by atoms with Crippen LogP contribution in [0.2, 0.25) is 20.1 Å². The number of aromatic nitrogens is 2. The molecule has 31 heteroatoms. The summed E-state index contributed by atoms with van der Waals surface area (Å²) < 4.78 is 116. The smallest absolute Gasteiger partial charge is 0.514 e. The molecule has 0 bridgehead atoms. The first-order valence-electron chi connectivity index (χ1n) is 30.3. The zero-order valence-corrected chi connectivity index (χ0v) is 56.7. The summed E-state index contributed by atoms with van der Waals surface area (Å²) in [5, 5.41) is 34.5. The van der Waals surface area contributed by atoms with E-state index in [4.69, 9.17) is 99.5 Å². The van der Waals surface area contributed by atoms with Crippen LogP contribution in [0.15, 0.2) is 122 Å². The third-order valence-corrected chi connectivity index (χ3v) is 16.1. The van der Waals surface area contributed by atoms with E-state index in [1.807, 2.05) is 18.2 Å². The lowest BCUT2D eigenvalue weighted by molar-refractivity contribution is -0.605. The summed E-state index contributed by atoms with van der Waals surface area (Å²) in [6.07, 6.45) is 6.69. The van der Waals surface area contributed by atoms with Crippen molar-refractivity contribution in [2.75, 3.05) is 61.9 Å². The topological polar surface area (TPSA) is 271 Å². The first-order valence-corrected chi connectivity index (χ1v) is 31.8. The van der Waals surface area contributed by atoms with Crippen LogP contribution in [0.1, 0.15) is 84.1 Å². The molecule has 1 amide bonds. The Morgan fingerprint density at radius 3 is 1.40 bits per heavy atom. The minimum absolute atomic E-state index is 0.00213. The Labute approximate surface area is 581 Å². The maximum Gasteiger partial charge on any atom is 0.514 e. The predicted molar refractivity (Wildman–Crippen MR) is 352 cm³/mol. The van der Waals surface area contributed by atoms with E-state index >= 15 is 0 Å². The molecule has 3 aliphatic rings. The van der Waals surface area contributed by atoms with Crippen LogP contribution < -0.4 is 57.8 Å². The first-order chi connectivity index (χ1) is 47.0. The van der Waals surface area contributed by atoms with Crippen LogP contribution in [-0.4, -0.2) is 97.2 Å². The van der Waals surface area contributed by atoms with Crippen LogP contribution in [0.4, 0.5) is 32.8 Å². The monoisotopic (exact) mass is 1450 g/mol.